The average Bonchev–Trinajstić information content (AvgIpc) is 2.73. The number of nitrogens with zero attached hydrogens (tertiary/aromatic N) is 2. The Morgan fingerprint density at radius 1 is 1.11 bits per heavy atom. The molecule has 1 aliphatic heterocycles. The molecule has 1 saturated heterocycles. The Kier molecular flexibility index (Phi) is 5.24. The summed E-state index contributed by atoms with van der Waals surface area (Å²) in [7, 11) is 0. The van der Waals surface area contributed by atoms with Crippen molar-refractivity contribution in [2.75, 3.05) is 4.90 Å². The lowest BCUT2D eigenvalue weighted by atomic mass is 9.80. The van der Waals surface area contributed by atoms with E-state index in [1.54, 1.807) is 23.4 Å². The summed E-state index contributed by atoms with van der Waals surface area (Å²) < 4.78 is 0. The van der Waals surface area contributed by atoms with Crippen molar-refractivity contribution in [2.24, 2.45) is 0 Å². The normalized spacial score (nSPS) is 22.9. The van der Waals surface area contributed by atoms with Crippen molar-refractivity contribution in [3.63, 3.8) is 0 Å². The minimum Gasteiger partial charge on any atom is -0.351 e. The molecule has 2 fully saturated rings. The second-order valence-corrected chi connectivity index (χ2v) is 7.59. The van der Waals surface area contributed by atoms with E-state index in [1.165, 1.54) is 6.42 Å². The van der Waals surface area contributed by atoms with Crippen LogP contribution in [0.25, 0.3) is 6.08 Å². The van der Waals surface area contributed by atoms with E-state index in [4.69, 9.17) is 0 Å². The number of pyridine rings is 1. The number of amides is 2. The topological polar surface area (TPSA) is 62.3 Å². The molecular formula is C23H25N3O2. The van der Waals surface area contributed by atoms with Gasteiger partial charge in [0.2, 0.25) is 5.91 Å². The van der Waals surface area contributed by atoms with Gasteiger partial charge in [0, 0.05) is 12.2 Å². The molecule has 1 aromatic carbocycles. The number of carbonyl (C=O) groups excluding carboxylic acids is 2. The summed E-state index contributed by atoms with van der Waals surface area (Å²) in [5, 5.41) is 3.21. The second kappa shape index (κ2) is 7.97. The van der Waals surface area contributed by atoms with E-state index in [-0.39, 0.29) is 24.3 Å². The van der Waals surface area contributed by atoms with Gasteiger partial charge in [-0.25, -0.2) is 0 Å². The fraction of sp³-hybridized carbons (Fsp3) is 0.348. The van der Waals surface area contributed by atoms with Gasteiger partial charge in [-0.15, -0.1) is 0 Å². The third kappa shape index (κ3) is 3.57. The average molecular weight is 375 g/mol. The molecule has 1 saturated carbocycles. The van der Waals surface area contributed by atoms with Crippen molar-refractivity contribution in [3.05, 3.63) is 66.5 Å². The molecule has 1 N–H and O–H groups in total. The molecule has 5 heteroatoms. The minimum atomic E-state index is -1.01. The fourth-order valence-corrected chi connectivity index (χ4v) is 4.13. The first-order valence-corrected chi connectivity index (χ1v) is 9.97. The predicted octanol–water partition coefficient (Wildman–Crippen LogP) is 3.72. The van der Waals surface area contributed by atoms with E-state index in [0.29, 0.717) is 5.69 Å². The highest BCUT2D eigenvalue weighted by atomic mass is 16.2. The lowest BCUT2D eigenvalue weighted by Crippen LogP contribution is -2.70. The van der Waals surface area contributed by atoms with Crippen LogP contribution in [0, 0.1) is 0 Å². The van der Waals surface area contributed by atoms with Crippen molar-refractivity contribution < 1.29 is 9.59 Å². The van der Waals surface area contributed by atoms with Gasteiger partial charge in [0.15, 0.2) is 5.54 Å². The van der Waals surface area contributed by atoms with Crippen LogP contribution in [0.5, 0.6) is 0 Å². The highest BCUT2D eigenvalue weighted by Gasteiger charge is 2.56. The first kappa shape index (κ1) is 18.4. The molecule has 5 nitrogen and oxygen atoms in total. The van der Waals surface area contributed by atoms with Crippen LogP contribution in [-0.2, 0) is 9.59 Å². The van der Waals surface area contributed by atoms with Crippen molar-refractivity contribution in [1.82, 2.24) is 10.3 Å². The van der Waals surface area contributed by atoms with Crippen LogP contribution in [-0.4, -0.2) is 28.4 Å². The number of β-lactam (4-membered cyclic amide) rings is 1. The highest BCUT2D eigenvalue weighted by molar-refractivity contribution is 6.15. The Morgan fingerprint density at radius 3 is 2.57 bits per heavy atom. The maximum Gasteiger partial charge on any atom is 0.251 e. The van der Waals surface area contributed by atoms with Crippen LogP contribution < -0.4 is 10.2 Å². The quantitative estimate of drug-likeness (QED) is 0.810. The molecule has 2 heterocycles. The minimum absolute atomic E-state index is 0.0653. The van der Waals surface area contributed by atoms with Gasteiger partial charge in [-0.05, 0) is 36.6 Å². The second-order valence-electron chi connectivity index (χ2n) is 7.59. The highest BCUT2D eigenvalue weighted by Crippen LogP contribution is 2.39. The van der Waals surface area contributed by atoms with Gasteiger partial charge in [0.05, 0.1) is 18.3 Å². The summed E-state index contributed by atoms with van der Waals surface area (Å²) in [4.78, 5) is 31.6. The number of hydrogen-bond donors (Lipinski definition) is 1. The maximum absolute atomic E-state index is 13.4. The Morgan fingerprint density at radius 2 is 1.89 bits per heavy atom. The van der Waals surface area contributed by atoms with E-state index >= 15 is 0 Å². The van der Waals surface area contributed by atoms with Crippen LogP contribution >= 0.6 is 0 Å². The van der Waals surface area contributed by atoms with Gasteiger partial charge in [-0.3, -0.25) is 19.5 Å². The van der Waals surface area contributed by atoms with E-state index in [0.717, 1.165) is 31.2 Å². The van der Waals surface area contributed by atoms with E-state index in [9.17, 15) is 9.59 Å². The first-order chi connectivity index (χ1) is 13.7. The van der Waals surface area contributed by atoms with Gasteiger partial charge < -0.3 is 5.32 Å². The zero-order valence-corrected chi connectivity index (χ0v) is 15.9. The van der Waals surface area contributed by atoms with Gasteiger partial charge in [0.1, 0.15) is 0 Å². The molecule has 2 aromatic rings. The largest absolute Gasteiger partial charge is 0.351 e. The number of carbonyl (C=O) groups is 2. The molecule has 1 atom stereocenters. The van der Waals surface area contributed by atoms with E-state index in [2.05, 4.69) is 10.3 Å². The monoisotopic (exact) mass is 375 g/mol. The molecule has 0 radical (unpaired) electrons. The van der Waals surface area contributed by atoms with Crippen LogP contribution in [0.15, 0.2) is 60.9 Å². The number of nitrogens with one attached hydrogen (secondary N) is 1. The standard InChI is InChI=1S/C23H25N3O2/c27-21-16-23(14-13-18-8-3-1-4-9-18,26(21)20-12-7-15-24-17-20)22(28)25-19-10-5-2-6-11-19/h1,3-4,7-9,12-15,17,19H,2,5-6,10-11,16H2,(H,25,28). The summed E-state index contributed by atoms with van der Waals surface area (Å²) >= 11 is 0. The predicted molar refractivity (Wildman–Crippen MR) is 110 cm³/mol. The molecular weight excluding hydrogens is 350 g/mol. The van der Waals surface area contributed by atoms with Gasteiger partial charge in [-0.2, -0.15) is 0 Å². The molecule has 1 unspecified atom stereocenters. The molecule has 2 aliphatic rings. The molecule has 0 bridgehead atoms. The maximum atomic E-state index is 13.4. The molecule has 2 amide bonds. The van der Waals surface area contributed by atoms with Gasteiger partial charge in [-0.1, -0.05) is 55.7 Å². The van der Waals surface area contributed by atoms with E-state index < -0.39 is 5.54 Å². The molecule has 144 valence electrons. The van der Waals surface area contributed by atoms with Crippen molar-refractivity contribution in [1.29, 1.82) is 0 Å². The lowest BCUT2D eigenvalue weighted by Gasteiger charge is -2.49. The van der Waals surface area contributed by atoms with Gasteiger partial charge in [0.25, 0.3) is 5.91 Å². The summed E-state index contributed by atoms with van der Waals surface area (Å²) in [5.74, 6) is -0.167. The summed E-state index contributed by atoms with van der Waals surface area (Å²) in [6, 6.07) is 13.6. The van der Waals surface area contributed by atoms with Crippen molar-refractivity contribution in [2.45, 2.75) is 50.1 Å². The third-order valence-electron chi connectivity index (χ3n) is 5.66. The Balaban J connectivity index is 1.65. The molecule has 28 heavy (non-hydrogen) atoms. The lowest BCUT2D eigenvalue weighted by molar-refractivity contribution is -0.137. The third-order valence-corrected chi connectivity index (χ3v) is 5.66. The van der Waals surface area contributed by atoms with Crippen molar-refractivity contribution in [3.8, 4) is 0 Å². The van der Waals surface area contributed by atoms with E-state index in [1.807, 2.05) is 48.6 Å². The van der Waals surface area contributed by atoms with Crippen LogP contribution in [0.4, 0.5) is 5.69 Å². The van der Waals surface area contributed by atoms with Crippen LogP contribution in [0.2, 0.25) is 0 Å². The Hall–Kier alpha value is -2.95. The number of rotatable bonds is 5. The molecule has 1 aromatic heterocycles. The smallest absolute Gasteiger partial charge is 0.251 e. The molecule has 1 aliphatic carbocycles. The molecule has 0 spiro atoms. The number of hydrogen-bond acceptors (Lipinski definition) is 3. The summed E-state index contributed by atoms with van der Waals surface area (Å²) in [5.41, 5.74) is 0.640. The van der Waals surface area contributed by atoms with Crippen LogP contribution in [0.1, 0.15) is 44.1 Å². The fourth-order valence-electron chi connectivity index (χ4n) is 4.13. The first-order valence-electron chi connectivity index (χ1n) is 9.97. The summed E-state index contributed by atoms with van der Waals surface area (Å²) in [6.07, 6.45) is 12.8. The zero-order valence-electron chi connectivity index (χ0n) is 15.9. The van der Waals surface area contributed by atoms with Crippen molar-refractivity contribution >= 4 is 23.6 Å². The van der Waals surface area contributed by atoms with Gasteiger partial charge >= 0.3 is 0 Å². The number of aromatic nitrogens is 1. The summed E-state index contributed by atoms with van der Waals surface area (Å²) in [6.45, 7) is 0. The van der Waals surface area contributed by atoms with Crippen LogP contribution in [0.3, 0.4) is 0 Å². The number of anilines is 1. The SMILES string of the molecule is O=C1CC(C=Cc2ccccc2)(C(=O)NC2CCCCC2)N1c1cccnc1. The Bertz CT molecular complexity index is 860. The Labute approximate surface area is 165 Å². The number of benzene rings is 1. The zero-order chi connectivity index (χ0) is 19.4. The molecule has 4 rings (SSSR count).